The largest absolute Gasteiger partial charge is 0.435 e. The molecule has 1 aromatic heterocycles. The van der Waals surface area contributed by atoms with E-state index in [1.54, 1.807) is 4.90 Å². The summed E-state index contributed by atoms with van der Waals surface area (Å²) in [5, 5.41) is 3.37. The molecule has 0 saturated carbocycles. The number of alkyl halides is 3. The van der Waals surface area contributed by atoms with E-state index >= 15 is 0 Å². The number of nitrogens with zero attached hydrogens (tertiary/aromatic N) is 3. The second-order valence-corrected chi connectivity index (χ2v) is 4.94. The van der Waals surface area contributed by atoms with E-state index in [1.807, 2.05) is 13.8 Å². The van der Waals surface area contributed by atoms with Gasteiger partial charge in [0.25, 0.3) is 0 Å². The first-order valence-corrected chi connectivity index (χ1v) is 6.29. The van der Waals surface area contributed by atoms with Crippen LogP contribution in [-0.4, -0.2) is 45.9 Å². The number of carbonyl (C=O) groups excluding carboxylic acids is 1. The summed E-state index contributed by atoms with van der Waals surface area (Å²) in [6.45, 7) is 4.36. The number of hydrogen-bond acceptors (Lipinski definition) is 3. The van der Waals surface area contributed by atoms with Crippen LogP contribution in [0.3, 0.4) is 0 Å². The zero-order valence-electron chi connectivity index (χ0n) is 11.2. The van der Waals surface area contributed by atoms with Gasteiger partial charge >= 0.3 is 6.18 Å². The molecule has 1 fully saturated rings. The van der Waals surface area contributed by atoms with Gasteiger partial charge in [-0.05, 0) is 19.9 Å². The van der Waals surface area contributed by atoms with Gasteiger partial charge in [-0.2, -0.15) is 18.3 Å². The fourth-order valence-electron chi connectivity index (χ4n) is 2.08. The van der Waals surface area contributed by atoms with Crippen LogP contribution in [0.4, 0.5) is 13.2 Å². The molecular formula is C12H16F3N3O2. The summed E-state index contributed by atoms with van der Waals surface area (Å²) in [4.78, 5) is 13.7. The van der Waals surface area contributed by atoms with Gasteiger partial charge in [0.1, 0.15) is 6.54 Å². The van der Waals surface area contributed by atoms with E-state index in [4.69, 9.17) is 4.74 Å². The van der Waals surface area contributed by atoms with Gasteiger partial charge in [0.05, 0.1) is 18.8 Å². The Kier molecular flexibility index (Phi) is 4.03. The third kappa shape index (κ3) is 3.30. The molecule has 0 N–H and O–H groups in total. The molecule has 5 nitrogen and oxygen atoms in total. The standard InChI is InChI=1S/C12H16F3N3O2/c1-8-7-20-9(2)5-18(8)11(19)6-17-4-3-10(16-17)12(13,14)15/h3-4,8-9H,5-7H2,1-2H3/t8-,9+/m1/s1. The smallest absolute Gasteiger partial charge is 0.375 e. The molecule has 1 aliphatic heterocycles. The van der Waals surface area contributed by atoms with E-state index in [2.05, 4.69) is 5.10 Å². The molecule has 1 aromatic rings. The minimum Gasteiger partial charge on any atom is -0.375 e. The Labute approximate surface area is 114 Å². The van der Waals surface area contributed by atoms with Crippen molar-refractivity contribution in [3.05, 3.63) is 18.0 Å². The lowest BCUT2D eigenvalue weighted by atomic mass is 10.2. The van der Waals surface area contributed by atoms with Crippen LogP contribution < -0.4 is 0 Å². The molecule has 1 saturated heterocycles. The van der Waals surface area contributed by atoms with E-state index in [9.17, 15) is 18.0 Å². The SMILES string of the molecule is C[C@@H]1CO[C@@H](C)CN1C(=O)Cn1ccc(C(F)(F)F)n1. The average Bonchev–Trinajstić information content (AvgIpc) is 2.80. The minimum absolute atomic E-state index is 0.0708. The van der Waals surface area contributed by atoms with E-state index in [-0.39, 0.29) is 24.6 Å². The number of morpholine rings is 1. The molecule has 1 aliphatic rings. The topological polar surface area (TPSA) is 47.4 Å². The normalized spacial score (nSPS) is 23.9. The molecule has 20 heavy (non-hydrogen) atoms. The molecule has 2 atom stereocenters. The van der Waals surface area contributed by atoms with Crippen molar-refractivity contribution in [3.8, 4) is 0 Å². The number of hydrogen-bond donors (Lipinski definition) is 0. The van der Waals surface area contributed by atoms with Gasteiger partial charge in [-0.3, -0.25) is 9.48 Å². The van der Waals surface area contributed by atoms with E-state index in [0.29, 0.717) is 13.2 Å². The maximum absolute atomic E-state index is 12.4. The van der Waals surface area contributed by atoms with Crippen LogP contribution in [-0.2, 0) is 22.3 Å². The highest BCUT2D eigenvalue weighted by atomic mass is 19.4. The monoisotopic (exact) mass is 291 g/mol. The van der Waals surface area contributed by atoms with Crippen LogP contribution in [0.15, 0.2) is 12.3 Å². The van der Waals surface area contributed by atoms with Crippen molar-refractivity contribution >= 4 is 5.91 Å². The molecule has 112 valence electrons. The van der Waals surface area contributed by atoms with Gasteiger partial charge in [0.15, 0.2) is 5.69 Å². The first-order chi connectivity index (χ1) is 9.27. The van der Waals surface area contributed by atoms with Gasteiger partial charge in [-0.1, -0.05) is 0 Å². The average molecular weight is 291 g/mol. The number of carbonyl (C=O) groups is 1. The van der Waals surface area contributed by atoms with Gasteiger partial charge < -0.3 is 9.64 Å². The molecule has 2 heterocycles. The van der Waals surface area contributed by atoms with E-state index in [0.717, 1.165) is 16.9 Å². The Bertz CT molecular complexity index is 487. The number of rotatable bonds is 2. The van der Waals surface area contributed by atoms with Crippen molar-refractivity contribution in [2.45, 2.75) is 38.7 Å². The third-order valence-electron chi connectivity index (χ3n) is 3.16. The van der Waals surface area contributed by atoms with Crippen molar-refractivity contribution < 1.29 is 22.7 Å². The van der Waals surface area contributed by atoms with Crippen LogP contribution in [0.2, 0.25) is 0 Å². The quantitative estimate of drug-likeness (QED) is 0.830. The van der Waals surface area contributed by atoms with Crippen LogP contribution >= 0.6 is 0 Å². The predicted molar refractivity (Wildman–Crippen MR) is 63.8 cm³/mol. The number of ether oxygens (including phenoxy) is 1. The van der Waals surface area contributed by atoms with Gasteiger partial charge in [-0.25, -0.2) is 0 Å². The summed E-state index contributed by atoms with van der Waals surface area (Å²) in [6.07, 6.45) is -3.40. The van der Waals surface area contributed by atoms with Gasteiger partial charge in [0.2, 0.25) is 5.91 Å². The molecule has 0 bridgehead atoms. The van der Waals surface area contributed by atoms with Gasteiger partial charge in [-0.15, -0.1) is 0 Å². The summed E-state index contributed by atoms with van der Waals surface area (Å²) in [5.41, 5.74) is -0.992. The lowest BCUT2D eigenvalue weighted by Gasteiger charge is -2.36. The number of aromatic nitrogens is 2. The highest BCUT2D eigenvalue weighted by Gasteiger charge is 2.34. The Morgan fingerprint density at radius 2 is 2.20 bits per heavy atom. The first-order valence-electron chi connectivity index (χ1n) is 6.29. The molecule has 2 rings (SSSR count). The summed E-state index contributed by atoms with van der Waals surface area (Å²) < 4.78 is 43.7. The Balaban J connectivity index is 2.02. The summed E-state index contributed by atoms with van der Waals surface area (Å²) in [6, 6.07) is 0.773. The lowest BCUT2D eigenvalue weighted by Crippen LogP contribution is -2.51. The summed E-state index contributed by atoms with van der Waals surface area (Å²) >= 11 is 0. The molecule has 0 aromatic carbocycles. The zero-order chi connectivity index (χ0) is 14.9. The van der Waals surface area contributed by atoms with Crippen LogP contribution in [0, 0.1) is 0 Å². The maximum Gasteiger partial charge on any atom is 0.435 e. The fraction of sp³-hybridized carbons (Fsp3) is 0.667. The maximum atomic E-state index is 12.4. The number of amides is 1. The minimum atomic E-state index is -4.49. The highest BCUT2D eigenvalue weighted by molar-refractivity contribution is 5.76. The van der Waals surface area contributed by atoms with Crippen molar-refractivity contribution in [1.29, 1.82) is 0 Å². The Hall–Kier alpha value is -1.57. The molecular weight excluding hydrogens is 275 g/mol. The third-order valence-corrected chi connectivity index (χ3v) is 3.16. The van der Waals surface area contributed by atoms with E-state index in [1.165, 1.54) is 0 Å². The Morgan fingerprint density at radius 3 is 2.80 bits per heavy atom. The second-order valence-electron chi connectivity index (χ2n) is 4.94. The number of halogens is 3. The van der Waals surface area contributed by atoms with Crippen LogP contribution in [0.1, 0.15) is 19.5 Å². The van der Waals surface area contributed by atoms with Crippen molar-refractivity contribution in [3.63, 3.8) is 0 Å². The Morgan fingerprint density at radius 1 is 1.50 bits per heavy atom. The molecule has 1 amide bonds. The molecule has 0 unspecified atom stereocenters. The van der Waals surface area contributed by atoms with Crippen LogP contribution in [0.5, 0.6) is 0 Å². The van der Waals surface area contributed by atoms with Crippen molar-refractivity contribution in [2.24, 2.45) is 0 Å². The molecule has 8 heteroatoms. The van der Waals surface area contributed by atoms with Crippen LogP contribution in [0.25, 0.3) is 0 Å². The predicted octanol–water partition coefficient (Wildman–Crippen LogP) is 1.54. The molecule has 0 radical (unpaired) electrons. The van der Waals surface area contributed by atoms with Crippen molar-refractivity contribution in [1.82, 2.24) is 14.7 Å². The summed E-state index contributed by atoms with van der Waals surface area (Å²) in [7, 11) is 0. The first kappa shape index (κ1) is 14.8. The highest BCUT2D eigenvalue weighted by Crippen LogP contribution is 2.27. The van der Waals surface area contributed by atoms with Crippen molar-refractivity contribution in [2.75, 3.05) is 13.2 Å². The zero-order valence-corrected chi connectivity index (χ0v) is 11.2. The van der Waals surface area contributed by atoms with E-state index < -0.39 is 11.9 Å². The fourth-order valence-corrected chi connectivity index (χ4v) is 2.08. The summed E-state index contributed by atoms with van der Waals surface area (Å²) in [5.74, 6) is -0.260. The molecule has 0 aliphatic carbocycles. The second kappa shape index (κ2) is 5.43. The lowest BCUT2D eigenvalue weighted by molar-refractivity contribution is -0.145. The molecule has 0 spiro atoms. The van der Waals surface area contributed by atoms with Gasteiger partial charge in [0, 0.05) is 12.7 Å².